The van der Waals surface area contributed by atoms with Crippen LogP contribution in [0.25, 0.3) is 0 Å². The highest BCUT2D eigenvalue weighted by Gasteiger charge is 2.16. The van der Waals surface area contributed by atoms with Gasteiger partial charge in [-0.25, -0.2) is 4.79 Å². The van der Waals surface area contributed by atoms with Crippen LogP contribution in [0, 0.1) is 0 Å². The van der Waals surface area contributed by atoms with Crippen LogP contribution in [0.3, 0.4) is 0 Å². The Morgan fingerprint density at radius 2 is 1.70 bits per heavy atom. The minimum Gasteiger partial charge on any atom is -0.496 e. The molecule has 2 amide bonds. The molecule has 2 aromatic rings. The highest BCUT2D eigenvalue weighted by atomic mass is 16.5. The average molecular weight is 371 g/mol. The van der Waals surface area contributed by atoms with Crippen molar-refractivity contribution >= 4 is 17.8 Å². The van der Waals surface area contributed by atoms with Crippen LogP contribution < -0.4 is 14.8 Å². The van der Waals surface area contributed by atoms with Gasteiger partial charge in [-0.05, 0) is 42.8 Å². The van der Waals surface area contributed by atoms with E-state index in [-0.39, 0.29) is 11.1 Å². The molecule has 0 aromatic heterocycles. The van der Waals surface area contributed by atoms with Crippen molar-refractivity contribution in [1.82, 2.24) is 5.32 Å². The lowest BCUT2D eigenvalue weighted by Gasteiger charge is -2.09. The summed E-state index contributed by atoms with van der Waals surface area (Å²) in [7, 11) is 1.42. The largest absolute Gasteiger partial charge is 0.496 e. The van der Waals surface area contributed by atoms with Crippen molar-refractivity contribution < 1.29 is 28.6 Å². The molecule has 0 radical (unpaired) electrons. The molecule has 0 bridgehead atoms. The standard InChI is InChI=1S/C20H21NO6/c1-3-12-26-15-10-8-14(9-11-15)20(24)27-13-18(22)21-19(23)16-6-4-5-7-17(16)25-2/h4-11H,3,12-13H2,1-2H3,(H,21,22,23). The van der Waals surface area contributed by atoms with E-state index in [1.54, 1.807) is 42.5 Å². The Balaban J connectivity index is 1.85. The quantitative estimate of drug-likeness (QED) is 0.717. The fourth-order valence-corrected chi connectivity index (χ4v) is 2.18. The Morgan fingerprint density at radius 1 is 1.00 bits per heavy atom. The second-order valence-corrected chi connectivity index (χ2v) is 5.53. The van der Waals surface area contributed by atoms with E-state index in [4.69, 9.17) is 14.2 Å². The topological polar surface area (TPSA) is 90.9 Å². The maximum atomic E-state index is 12.1. The van der Waals surface area contributed by atoms with Crippen LogP contribution in [-0.2, 0) is 9.53 Å². The van der Waals surface area contributed by atoms with Gasteiger partial charge in [-0.2, -0.15) is 0 Å². The summed E-state index contributed by atoms with van der Waals surface area (Å²) >= 11 is 0. The number of methoxy groups -OCH3 is 1. The van der Waals surface area contributed by atoms with Gasteiger partial charge >= 0.3 is 5.97 Å². The van der Waals surface area contributed by atoms with Crippen LogP contribution in [0.5, 0.6) is 11.5 Å². The van der Waals surface area contributed by atoms with Gasteiger partial charge in [0.1, 0.15) is 11.5 Å². The van der Waals surface area contributed by atoms with Crippen LogP contribution in [0.15, 0.2) is 48.5 Å². The summed E-state index contributed by atoms with van der Waals surface area (Å²) in [6.07, 6.45) is 0.881. The molecule has 142 valence electrons. The molecule has 0 atom stereocenters. The van der Waals surface area contributed by atoms with Crippen LogP contribution in [-0.4, -0.2) is 38.1 Å². The molecular formula is C20H21NO6. The molecule has 7 heteroatoms. The summed E-state index contributed by atoms with van der Waals surface area (Å²) in [5.41, 5.74) is 0.491. The molecule has 2 aromatic carbocycles. The number of ether oxygens (including phenoxy) is 3. The van der Waals surface area contributed by atoms with Gasteiger partial charge in [-0.15, -0.1) is 0 Å². The Morgan fingerprint density at radius 3 is 2.37 bits per heavy atom. The third kappa shape index (κ3) is 5.85. The Bertz CT molecular complexity index is 800. The lowest BCUT2D eigenvalue weighted by atomic mass is 10.2. The van der Waals surface area contributed by atoms with Crippen LogP contribution in [0.1, 0.15) is 34.1 Å². The van der Waals surface area contributed by atoms with E-state index < -0.39 is 24.4 Å². The van der Waals surface area contributed by atoms with Gasteiger partial charge in [0.15, 0.2) is 6.61 Å². The molecule has 0 saturated carbocycles. The van der Waals surface area contributed by atoms with Crippen molar-refractivity contribution in [2.75, 3.05) is 20.3 Å². The first kappa shape index (κ1) is 20.0. The number of benzene rings is 2. The van der Waals surface area contributed by atoms with E-state index in [1.165, 1.54) is 13.2 Å². The van der Waals surface area contributed by atoms with Gasteiger partial charge in [0, 0.05) is 0 Å². The van der Waals surface area contributed by atoms with Crippen LogP contribution in [0.2, 0.25) is 0 Å². The van der Waals surface area contributed by atoms with E-state index in [0.29, 0.717) is 18.1 Å². The monoisotopic (exact) mass is 371 g/mol. The lowest BCUT2D eigenvalue weighted by Crippen LogP contribution is -2.34. The second kappa shape index (κ2) is 9.96. The van der Waals surface area contributed by atoms with Gasteiger partial charge in [-0.1, -0.05) is 19.1 Å². The molecule has 7 nitrogen and oxygen atoms in total. The zero-order valence-electron chi connectivity index (χ0n) is 15.2. The van der Waals surface area contributed by atoms with Crippen molar-refractivity contribution in [2.24, 2.45) is 0 Å². The summed E-state index contributed by atoms with van der Waals surface area (Å²) in [6.45, 7) is 2.01. The molecule has 27 heavy (non-hydrogen) atoms. The first-order chi connectivity index (χ1) is 13.0. The molecule has 0 saturated heterocycles. The van der Waals surface area contributed by atoms with Gasteiger partial charge in [0.05, 0.1) is 24.8 Å². The molecule has 0 unspecified atom stereocenters. The van der Waals surface area contributed by atoms with E-state index in [0.717, 1.165) is 6.42 Å². The third-order valence-electron chi connectivity index (χ3n) is 3.50. The van der Waals surface area contributed by atoms with Gasteiger partial charge in [-0.3, -0.25) is 14.9 Å². The summed E-state index contributed by atoms with van der Waals surface area (Å²) in [4.78, 5) is 36.0. The van der Waals surface area contributed by atoms with Crippen molar-refractivity contribution in [3.05, 3.63) is 59.7 Å². The first-order valence-electron chi connectivity index (χ1n) is 8.42. The van der Waals surface area contributed by atoms with Crippen molar-refractivity contribution in [3.8, 4) is 11.5 Å². The minimum absolute atomic E-state index is 0.211. The molecule has 2 rings (SSSR count). The maximum absolute atomic E-state index is 12.1. The summed E-state index contributed by atoms with van der Waals surface area (Å²) in [6, 6.07) is 12.9. The molecule has 0 aliphatic rings. The third-order valence-corrected chi connectivity index (χ3v) is 3.50. The maximum Gasteiger partial charge on any atom is 0.338 e. The number of carbonyl (C=O) groups excluding carboxylic acids is 3. The zero-order valence-corrected chi connectivity index (χ0v) is 15.2. The van der Waals surface area contributed by atoms with Gasteiger partial charge in [0.2, 0.25) is 0 Å². The number of nitrogens with one attached hydrogen (secondary N) is 1. The number of rotatable bonds is 8. The highest BCUT2D eigenvalue weighted by molar-refractivity contribution is 6.07. The summed E-state index contributed by atoms with van der Waals surface area (Å²) in [5, 5.41) is 2.15. The Hall–Kier alpha value is -3.35. The van der Waals surface area contributed by atoms with E-state index >= 15 is 0 Å². The van der Waals surface area contributed by atoms with Crippen LogP contribution in [0.4, 0.5) is 0 Å². The molecule has 0 aliphatic heterocycles. The van der Waals surface area contributed by atoms with Gasteiger partial charge in [0.25, 0.3) is 11.8 Å². The molecule has 0 heterocycles. The van der Waals surface area contributed by atoms with Crippen molar-refractivity contribution in [3.63, 3.8) is 0 Å². The molecule has 1 N–H and O–H groups in total. The van der Waals surface area contributed by atoms with Crippen LogP contribution >= 0.6 is 0 Å². The Kier molecular flexibility index (Phi) is 7.37. The predicted octanol–water partition coefficient (Wildman–Crippen LogP) is 2.60. The molecule has 0 fully saturated rings. The first-order valence-corrected chi connectivity index (χ1v) is 8.42. The highest BCUT2D eigenvalue weighted by Crippen LogP contribution is 2.17. The number of hydrogen-bond donors (Lipinski definition) is 1. The Labute approximate surface area is 157 Å². The normalized spacial score (nSPS) is 10.0. The second-order valence-electron chi connectivity index (χ2n) is 5.53. The number of para-hydroxylation sites is 1. The molecule has 0 spiro atoms. The van der Waals surface area contributed by atoms with E-state index in [2.05, 4.69) is 5.32 Å². The van der Waals surface area contributed by atoms with Crippen molar-refractivity contribution in [2.45, 2.75) is 13.3 Å². The fraction of sp³-hybridized carbons (Fsp3) is 0.250. The zero-order chi connectivity index (χ0) is 19.6. The number of carbonyl (C=O) groups is 3. The fourth-order valence-electron chi connectivity index (χ4n) is 2.18. The summed E-state index contributed by atoms with van der Waals surface area (Å²) < 4.78 is 15.4. The average Bonchev–Trinajstić information content (AvgIpc) is 2.70. The van der Waals surface area contributed by atoms with Crippen molar-refractivity contribution in [1.29, 1.82) is 0 Å². The van der Waals surface area contributed by atoms with E-state index in [9.17, 15) is 14.4 Å². The molecular weight excluding hydrogens is 350 g/mol. The summed E-state index contributed by atoms with van der Waals surface area (Å²) in [5.74, 6) is -1.05. The SMILES string of the molecule is CCCOc1ccc(C(=O)OCC(=O)NC(=O)c2ccccc2OC)cc1. The van der Waals surface area contributed by atoms with E-state index in [1.807, 2.05) is 6.92 Å². The lowest BCUT2D eigenvalue weighted by molar-refractivity contribution is -0.123. The minimum atomic E-state index is -0.734. The smallest absolute Gasteiger partial charge is 0.338 e. The van der Waals surface area contributed by atoms with Gasteiger partial charge < -0.3 is 14.2 Å². The number of esters is 1. The molecule has 0 aliphatic carbocycles. The number of imide groups is 1. The number of amides is 2. The predicted molar refractivity (Wildman–Crippen MR) is 98.0 cm³/mol. The number of hydrogen-bond acceptors (Lipinski definition) is 6.